The summed E-state index contributed by atoms with van der Waals surface area (Å²) in [6, 6.07) is -0.876. The van der Waals surface area contributed by atoms with Crippen LogP contribution in [0.4, 0.5) is 0 Å². The number of aliphatic hydroxyl groups excluding tert-OH is 1. The third kappa shape index (κ3) is 5.50. The lowest BCUT2D eigenvalue weighted by Gasteiger charge is -2.45. The van der Waals surface area contributed by atoms with Gasteiger partial charge in [0.25, 0.3) is 0 Å². The SMILES string of the molecule is CC[C@@]12/C=C\CCCCOC(=O)[C@@H]1[C@H]1C(=O)N(CCCCCO)C3C(=O)N(C(C)(C)CC(C)(C)C)CC=C[C@@]31O2. The molecule has 5 atom stereocenters. The Hall–Kier alpha value is -2.19. The normalized spacial score (nSPS) is 33.8. The third-order valence-corrected chi connectivity index (χ3v) is 9.13. The van der Waals surface area contributed by atoms with Crippen LogP contribution in [0.15, 0.2) is 24.3 Å². The molecule has 8 heteroatoms. The largest absolute Gasteiger partial charge is 0.465 e. The van der Waals surface area contributed by atoms with E-state index in [4.69, 9.17) is 9.47 Å². The molecule has 0 radical (unpaired) electrons. The van der Waals surface area contributed by atoms with Gasteiger partial charge >= 0.3 is 5.97 Å². The summed E-state index contributed by atoms with van der Waals surface area (Å²) in [6.07, 6.45) is 13.7. The van der Waals surface area contributed by atoms with E-state index in [1.165, 1.54) is 0 Å². The fourth-order valence-electron chi connectivity index (χ4n) is 7.79. The molecule has 1 unspecified atom stereocenters. The van der Waals surface area contributed by atoms with Gasteiger partial charge in [0.05, 0.1) is 12.5 Å². The molecule has 4 aliphatic heterocycles. The van der Waals surface area contributed by atoms with E-state index in [1.807, 2.05) is 30.1 Å². The predicted molar refractivity (Wildman–Crippen MR) is 153 cm³/mol. The maximum Gasteiger partial charge on any atom is 0.313 e. The number of amides is 2. The Morgan fingerprint density at radius 1 is 0.975 bits per heavy atom. The number of esters is 1. The maximum absolute atomic E-state index is 14.7. The summed E-state index contributed by atoms with van der Waals surface area (Å²) >= 11 is 0. The first-order valence-electron chi connectivity index (χ1n) is 15.3. The van der Waals surface area contributed by atoms with E-state index in [1.54, 1.807) is 4.90 Å². The highest BCUT2D eigenvalue weighted by atomic mass is 16.6. The lowest BCUT2D eigenvalue weighted by molar-refractivity contribution is -0.162. The van der Waals surface area contributed by atoms with Crippen LogP contribution in [-0.4, -0.2) is 81.8 Å². The van der Waals surface area contributed by atoms with Crippen molar-refractivity contribution < 1.29 is 29.0 Å². The van der Waals surface area contributed by atoms with Crippen molar-refractivity contribution in [2.24, 2.45) is 17.3 Å². The number of fused-ring (bicyclic) bond motifs is 2. The van der Waals surface area contributed by atoms with Crippen LogP contribution >= 0.6 is 0 Å². The molecule has 1 spiro atoms. The molecule has 8 nitrogen and oxygen atoms in total. The van der Waals surface area contributed by atoms with Crippen LogP contribution in [-0.2, 0) is 23.9 Å². The number of carbonyl (C=O) groups is 3. The van der Waals surface area contributed by atoms with Crippen molar-refractivity contribution in [1.82, 2.24) is 9.80 Å². The van der Waals surface area contributed by atoms with Crippen LogP contribution in [0, 0.1) is 17.3 Å². The molecular weight excluding hydrogens is 508 g/mol. The zero-order chi connectivity index (χ0) is 29.3. The molecule has 4 heterocycles. The van der Waals surface area contributed by atoms with E-state index in [-0.39, 0.29) is 23.8 Å². The van der Waals surface area contributed by atoms with Gasteiger partial charge in [-0.05, 0) is 70.6 Å². The molecule has 0 aromatic rings. The van der Waals surface area contributed by atoms with Gasteiger partial charge in [0.2, 0.25) is 11.8 Å². The van der Waals surface area contributed by atoms with Gasteiger partial charge < -0.3 is 24.4 Å². The number of rotatable bonds is 8. The van der Waals surface area contributed by atoms with Crippen molar-refractivity contribution in [3.63, 3.8) is 0 Å². The molecule has 4 aliphatic rings. The fraction of sp³-hybridized carbons (Fsp3) is 0.781. The van der Waals surface area contributed by atoms with E-state index in [0.717, 1.165) is 32.1 Å². The number of hydrogen-bond donors (Lipinski definition) is 1. The molecule has 40 heavy (non-hydrogen) atoms. The van der Waals surface area contributed by atoms with E-state index < -0.39 is 40.6 Å². The molecule has 0 aromatic carbocycles. The van der Waals surface area contributed by atoms with E-state index in [2.05, 4.69) is 40.7 Å². The third-order valence-electron chi connectivity index (χ3n) is 9.13. The van der Waals surface area contributed by atoms with Crippen molar-refractivity contribution >= 4 is 17.8 Å². The van der Waals surface area contributed by atoms with E-state index in [9.17, 15) is 19.5 Å². The molecule has 224 valence electrons. The summed E-state index contributed by atoms with van der Waals surface area (Å²) in [4.78, 5) is 46.4. The minimum absolute atomic E-state index is 0.0113. The van der Waals surface area contributed by atoms with Gasteiger partial charge in [-0.3, -0.25) is 14.4 Å². The van der Waals surface area contributed by atoms with Crippen LogP contribution in [0.1, 0.15) is 92.9 Å². The Bertz CT molecular complexity index is 1030. The second-order valence-electron chi connectivity index (χ2n) is 13.9. The molecule has 1 N–H and O–H groups in total. The number of hydrogen-bond acceptors (Lipinski definition) is 6. The van der Waals surface area contributed by atoms with Gasteiger partial charge in [-0.2, -0.15) is 0 Å². The molecule has 4 rings (SSSR count). The summed E-state index contributed by atoms with van der Waals surface area (Å²) in [5.74, 6) is -2.46. The number of cyclic esters (lactones) is 1. The van der Waals surface area contributed by atoms with Crippen molar-refractivity contribution in [3.05, 3.63) is 24.3 Å². The molecule has 2 amide bonds. The second kappa shape index (κ2) is 11.6. The van der Waals surface area contributed by atoms with E-state index >= 15 is 0 Å². The number of unbranched alkanes of at least 4 members (excludes halogenated alkanes) is 2. The van der Waals surface area contributed by atoms with Crippen molar-refractivity contribution in [3.8, 4) is 0 Å². The highest BCUT2D eigenvalue weighted by Gasteiger charge is 2.75. The Labute approximate surface area is 240 Å². The Kier molecular flexibility index (Phi) is 8.92. The Morgan fingerprint density at radius 2 is 1.73 bits per heavy atom. The van der Waals surface area contributed by atoms with Crippen LogP contribution in [0.25, 0.3) is 0 Å². The molecule has 2 saturated heterocycles. The van der Waals surface area contributed by atoms with Gasteiger partial charge in [0.15, 0.2) is 0 Å². The molecule has 0 bridgehead atoms. The Balaban J connectivity index is 1.83. The summed E-state index contributed by atoms with van der Waals surface area (Å²) < 4.78 is 12.8. The molecular formula is C32H50N2O6. The minimum atomic E-state index is -1.27. The lowest BCUT2D eigenvalue weighted by atomic mass is 9.73. The highest BCUT2D eigenvalue weighted by molar-refractivity contribution is 5.99. The molecule has 0 aliphatic carbocycles. The van der Waals surface area contributed by atoms with Gasteiger partial charge in [0.1, 0.15) is 23.2 Å². The van der Waals surface area contributed by atoms with Gasteiger partial charge in [-0.1, -0.05) is 52.0 Å². The maximum atomic E-state index is 14.7. The highest BCUT2D eigenvalue weighted by Crippen LogP contribution is 2.58. The van der Waals surface area contributed by atoms with Crippen molar-refractivity contribution in [2.45, 2.75) is 116 Å². The topological polar surface area (TPSA) is 96.4 Å². The van der Waals surface area contributed by atoms with Crippen molar-refractivity contribution in [2.75, 3.05) is 26.3 Å². The van der Waals surface area contributed by atoms with Crippen LogP contribution in [0.3, 0.4) is 0 Å². The lowest BCUT2D eigenvalue weighted by Crippen LogP contribution is -2.60. The quantitative estimate of drug-likeness (QED) is 0.269. The first-order chi connectivity index (χ1) is 18.8. The number of ether oxygens (including phenoxy) is 2. The first kappa shape index (κ1) is 30.8. The van der Waals surface area contributed by atoms with Crippen LogP contribution < -0.4 is 0 Å². The Morgan fingerprint density at radius 3 is 2.40 bits per heavy atom. The van der Waals surface area contributed by atoms with Crippen molar-refractivity contribution in [1.29, 1.82) is 0 Å². The fourth-order valence-corrected chi connectivity index (χ4v) is 7.79. The van der Waals surface area contributed by atoms with Crippen LogP contribution in [0.5, 0.6) is 0 Å². The number of likely N-dealkylation sites (tertiary alicyclic amines) is 1. The number of allylic oxidation sites excluding steroid dienone is 1. The van der Waals surface area contributed by atoms with Gasteiger partial charge in [-0.15, -0.1) is 0 Å². The molecule has 2 fully saturated rings. The van der Waals surface area contributed by atoms with E-state index in [0.29, 0.717) is 39.0 Å². The average Bonchev–Trinajstić information content (AvgIpc) is 3.21. The summed E-state index contributed by atoms with van der Waals surface area (Å²) in [6.45, 7) is 13.8. The standard InChI is InChI=1S/C32H50N2O6/c1-7-31-16-11-8-9-14-21-39-28(38)24(31)23-26(36)33(18-12-10-13-20-35)25-27(37)34(19-15-17-32(23,25)40-31)30(5,6)22-29(2,3)4/h11,15-17,23-25,35H,7-10,12-14,18-22H2,1-6H3/b16-11-/t23-,24-,25?,31+,32-/m0/s1. The van der Waals surface area contributed by atoms with Crippen LogP contribution in [0.2, 0.25) is 0 Å². The van der Waals surface area contributed by atoms with Gasteiger partial charge in [-0.25, -0.2) is 0 Å². The summed E-state index contributed by atoms with van der Waals surface area (Å²) in [5.41, 5.74) is -2.78. The summed E-state index contributed by atoms with van der Waals surface area (Å²) in [5, 5.41) is 9.30. The smallest absolute Gasteiger partial charge is 0.313 e. The number of aliphatic hydroxyl groups is 1. The minimum Gasteiger partial charge on any atom is -0.465 e. The zero-order valence-electron chi connectivity index (χ0n) is 25.4. The van der Waals surface area contributed by atoms with Gasteiger partial charge in [0, 0.05) is 25.2 Å². The molecule has 0 aromatic heterocycles. The second-order valence-corrected chi connectivity index (χ2v) is 13.9. The zero-order valence-corrected chi connectivity index (χ0v) is 25.4. The number of carbonyl (C=O) groups excluding carboxylic acids is 3. The molecule has 0 saturated carbocycles. The summed E-state index contributed by atoms with van der Waals surface area (Å²) in [7, 11) is 0. The number of nitrogens with zero attached hydrogens (tertiary/aromatic N) is 2. The first-order valence-corrected chi connectivity index (χ1v) is 15.3. The monoisotopic (exact) mass is 558 g/mol. The average molecular weight is 559 g/mol. The predicted octanol–water partition coefficient (Wildman–Crippen LogP) is 4.41.